The third kappa shape index (κ3) is 3.69. The minimum absolute atomic E-state index is 0.0716. The second-order valence-electron chi connectivity index (χ2n) is 4.72. The first-order valence-corrected chi connectivity index (χ1v) is 7.03. The molecule has 0 saturated carbocycles. The van der Waals surface area contributed by atoms with Crippen molar-refractivity contribution in [2.24, 2.45) is 0 Å². The molecule has 0 fully saturated rings. The summed E-state index contributed by atoms with van der Waals surface area (Å²) in [6.45, 7) is 6.27. The van der Waals surface area contributed by atoms with Gasteiger partial charge in [0.2, 0.25) is 0 Å². The maximum atomic E-state index is 12.5. The highest BCUT2D eigenvalue weighted by Gasteiger charge is 2.19. The lowest BCUT2D eigenvalue weighted by Crippen LogP contribution is -2.36. The van der Waals surface area contributed by atoms with Gasteiger partial charge in [0, 0.05) is 31.4 Å². The van der Waals surface area contributed by atoms with E-state index >= 15 is 0 Å². The van der Waals surface area contributed by atoms with Gasteiger partial charge in [-0.25, -0.2) is 4.98 Å². The van der Waals surface area contributed by atoms with E-state index in [-0.39, 0.29) is 5.91 Å². The largest absolute Gasteiger partial charge is 0.373 e. The Kier molecular flexibility index (Phi) is 5.80. The molecular formula is C15H25N3O. The molecule has 0 saturated heterocycles. The van der Waals surface area contributed by atoms with E-state index in [0.717, 1.165) is 30.8 Å². The van der Waals surface area contributed by atoms with E-state index in [1.807, 2.05) is 38.1 Å². The molecular weight excluding hydrogens is 238 g/mol. The van der Waals surface area contributed by atoms with Gasteiger partial charge in [0.15, 0.2) is 0 Å². The van der Waals surface area contributed by atoms with Crippen LogP contribution in [0, 0.1) is 0 Å². The molecule has 0 radical (unpaired) electrons. The van der Waals surface area contributed by atoms with Crippen LogP contribution in [0.5, 0.6) is 0 Å². The number of anilines is 1. The Bertz CT molecular complexity index is 405. The third-order valence-electron chi connectivity index (χ3n) is 3.55. The number of carbonyl (C=O) groups is 1. The van der Waals surface area contributed by atoms with Gasteiger partial charge in [-0.05, 0) is 31.4 Å². The molecule has 0 atom stereocenters. The Labute approximate surface area is 116 Å². The van der Waals surface area contributed by atoms with Crippen LogP contribution in [0.3, 0.4) is 0 Å². The third-order valence-corrected chi connectivity index (χ3v) is 3.55. The molecule has 106 valence electrons. The molecule has 1 N–H and O–H groups in total. The van der Waals surface area contributed by atoms with Gasteiger partial charge in [-0.2, -0.15) is 0 Å². The van der Waals surface area contributed by atoms with E-state index in [4.69, 9.17) is 0 Å². The maximum absolute atomic E-state index is 12.5. The number of aryl methyl sites for hydroxylation is 1. The van der Waals surface area contributed by atoms with Crippen LogP contribution in [-0.4, -0.2) is 35.9 Å². The van der Waals surface area contributed by atoms with Crippen molar-refractivity contribution in [2.75, 3.05) is 19.4 Å². The van der Waals surface area contributed by atoms with Crippen molar-refractivity contribution in [1.29, 1.82) is 0 Å². The quantitative estimate of drug-likeness (QED) is 0.858. The first-order chi connectivity index (χ1) is 9.07. The topological polar surface area (TPSA) is 45.2 Å². The van der Waals surface area contributed by atoms with Gasteiger partial charge < -0.3 is 10.2 Å². The van der Waals surface area contributed by atoms with Crippen molar-refractivity contribution in [3.05, 3.63) is 23.4 Å². The normalized spacial score (nSPS) is 10.6. The summed E-state index contributed by atoms with van der Waals surface area (Å²) in [6.07, 6.45) is 2.77. The Balaban J connectivity index is 3.04. The van der Waals surface area contributed by atoms with Crippen molar-refractivity contribution >= 4 is 11.7 Å². The summed E-state index contributed by atoms with van der Waals surface area (Å²) in [5, 5.41) is 3.01. The number of nitrogens with one attached hydrogen (secondary N) is 1. The van der Waals surface area contributed by atoms with Crippen molar-refractivity contribution in [2.45, 2.75) is 46.1 Å². The van der Waals surface area contributed by atoms with Gasteiger partial charge in [-0.15, -0.1) is 0 Å². The lowest BCUT2D eigenvalue weighted by molar-refractivity contribution is 0.0723. The molecule has 4 nitrogen and oxygen atoms in total. The molecule has 1 heterocycles. The first-order valence-electron chi connectivity index (χ1n) is 7.03. The number of nitrogens with zero attached hydrogens (tertiary/aromatic N) is 2. The highest BCUT2D eigenvalue weighted by Crippen LogP contribution is 2.15. The van der Waals surface area contributed by atoms with Gasteiger partial charge in [0.25, 0.3) is 5.91 Å². The minimum atomic E-state index is 0.0716. The summed E-state index contributed by atoms with van der Waals surface area (Å²) >= 11 is 0. The number of hydrogen-bond donors (Lipinski definition) is 1. The monoisotopic (exact) mass is 263 g/mol. The van der Waals surface area contributed by atoms with Crippen molar-refractivity contribution in [3.63, 3.8) is 0 Å². The number of carbonyl (C=O) groups excluding carboxylic acids is 1. The molecule has 0 spiro atoms. The molecule has 0 bridgehead atoms. The van der Waals surface area contributed by atoms with Gasteiger partial charge in [-0.3, -0.25) is 4.79 Å². The van der Waals surface area contributed by atoms with E-state index in [1.165, 1.54) is 0 Å². The summed E-state index contributed by atoms with van der Waals surface area (Å²) in [6, 6.07) is 4.01. The fraction of sp³-hybridized carbons (Fsp3) is 0.600. The van der Waals surface area contributed by atoms with Crippen LogP contribution >= 0.6 is 0 Å². The van der Waals surface area contributed by atoms with E-state index in [1.54, 1.807) is 0 Å². The number of aromatic nitrogens is 1. The molecule has 4 heteroatoms. The molecule has 0 aliphatic rings. The van der Waals surface area contributed by atoms with Crippen molar-refractivity contribution < 1.29 is 4.79 Å². The van der Waals surface area contributed by atoms with E-state index in [9.17, 15) is 4.79 Å². The smallest absolute Gasteiger partial charge is 0.254 e. The number of rotatable bonds is 6. The average molecular weight is 263 g/mol. The van der Waals surface area contributed by atoms with Crippen molar-refractivity contribution in [1.82, 2.24) is 9.88 Å². The Morgan fingerprint density at radius 2 is 1.95 bits per heavy atom. The zero-order chi connectivity index (χ0) is 14.4. The zero-order valence-corrected chi connectivity index (χ0v) is 12.7. The number of hydrogen-bond acceptors (Lipinski definition) is 3. The van der Waals surface area contributed by atoms with Gasteiger partial charge in [0.1, 0.15) is 5.82 Å². The lowest BCUT2D eigenvalue weighted by atomic mass is 10.1. The Hall–Kier alpha value is -1.58. The molecule has 1 aromatic heterocycles. The van der Waals surface area contributed by atoms with E-state index in [2.05, 4.69) is 24.1 Å². The average Bonchev–Trinajstić information content (AvgIpc) is 2.46. The summed E-state index contributed by atoms with van der Waals surface area (Å²) in [4.78, 5) is 18.8. The predicted octanol–water partition coefficient (Wildman–Crippen LogP) is 2.95. The number of amides is 1. The summed E-state index contributed by atoms with van der Waals surface area (Å²) in [5.74, 6) is 0.822. The second-order valence-corrected chi connectivity index (χ2v) is 4.72. The molecule has 1 aromatic rings. The van der Waals surface area contributed by atoms with Crippen LogP contribution in [-0.2, 0) is 6.42 Å². The minimum Gasteiger partial charge on any atom is -0.373 e. The number of pyridine rings is 1. The zero-order valence-electron chi connectivity index (χ0n) is 12.7. The van der Waals surface area contributed by atoms with Gasteiger partial charge in [-0.1, -0.05) is 20.8 Å². The van der Waals surface area contributed by atoms with Crippen LogP contribution in [0.4, 0.5) is 5.82 Å². The summed E-state index contributed by atoms with van der Waals surface area (Å²) in [5.41, 5.74) is 1.65. The van der Waals surface area contributed by atoms with Crippen LogP contribution in [0.1, 0.15) is 49.7 Å². The predicted molar refractivity (Wildman–Crippen MR) is 79.6 cm³/mol. The SMILES string of the molecule is CCc1cc(C(=O)N(C)C(CC)CC)cc(NC)n1. The van der Waals surface area contributed by atoms with E-state index < -0.39 is 0 Å². The molecule has 19 heavy (non-hydrogen) atoms. The first kappa shape index (κ1) is 15.5. The molecule has 0 aliphatic carbocycles. The molecule has 0 aromatic carbocycles. The lowest BCUT2D eigenvalue weighted by Gasteiger charge is -2.26. The van der Waals surface area contributed by atoms with Crippen LogP contribution < -0.4 is 5.32 Å². The Morgan fingerprint density at radius 3 is 2.42 bits per heavy atom. The Morgan fingerprint density at radius 1 is 1.32 bits per heavy atom. The summed E-state index contributed by atoms with van der Waals surface area (Å²) < 4.78 is 0. The fourth-order valence-corrected chi connectivity index (χ4v) is 2.23. The molecule has 1 amide bonds. The van der Waals surface area contributed by atoms with Crippen molar-refractivity contribution in [3.8, 4) is 0 Å². The summed E-state index contributed by atoms with van der Waals surface area (Å²) in [7, 11) is 3.70. The standard InChI is InChI=1S/C15H25N3O/c1-6-12-9-11(10-14(16-4)17-12)15(19)18(5)13(7-2)8-3/h9-10,13H,6-8H2,1-5H3,(H,16,17). The molecule has 1 rings (SSSR count). The van der Waals surface area contributed by atoms with Crippen LogP contribution in [0.2, 0.25) is 0 Å². The molecule has 0 aliphatic heterocycles. The van der Waals surface area contributed by atoms with Crippen LogP contribution in [0.25, 0.3) is 0 Å². The van der Waals surface area contributed by atoms with Crippen LogP contribution in [0.15, 0.2) is 12.1 Å². The highest BCUT2D eigenvalue weighted by atomic mass is 16.2. The highest BCUT2D eigenvalue weighted by molar-refractivity contribution is 5.95. The van der Waals surface area contributed by atoms with Gasteiger partial charge in [0.05, 0.1) is 0 Å². The maximum Gasteiger partial charge on any atom is 0.254 e. The van der Waals surface area contributed by atoms with Gasteiger partial charge >= 0.3 is 0 Å². The molecule has 0 unspecified atom stereocenters. The fourth-order valence-electron chi connectivity index (χ4n) is 2.23. The van der Waals surface area contributed by atoms with E-state index in [0.29, 0.717) is 11.6 Å². The second kappa shape index (κ2) is 7.12.